The summed E-state index contributed by atoms with van der Waals surface area (Å²) in [5.41, 5.74) is 6.35. The van der Waals surface area contributed by atoms with Gasteiger partial charge >= 0.3 is 0 Å². The van der Waals surface area contributed by atoms with Gasteiger partial charge < -0.3 is 15.6 Å². The summed E-state index contributed by atoms with van der Waals surface area (Å²) in [4.78, 5) is 7.65. The van der Waals surface area contributed by atoms with Crippen LogP contribution in [0.4, 0.5) is 4.39 Å². The molecule has 6 rings (SSSR count). The molecule has 1 aliphatic heterocycles. The second-order valence-corrected chi connectivity index (χ2v) is 10.8. The summed E-state index contributed by atoms with van der Waals surface area (Å²) in [5, 5.41) is 10.3. The van der Waals surface area contributed by atoms with Gasteiger partial charge in [-0.1, -0.05) is 41.4 Å². The molecule has 4 nitrogen and oxygen atoms in total. The largest absolute Gasteiger partial charge is 0.360 e. The molecule has 0 bridgehead atoms. The molecule has 182 valence electrons. The van der Waals surface area contributed by atoms with Gasteiger partial charge in [-0.25, -0.2) is 4.39 Å². The Balaban J connectivity index is 1.26. The molecule has 3 N–H and O–H groups in total. The van der Waals surface area contributed by atoms with Crippen molar-refractivity contribution >= 4 is 45.0 Å². The Morgan fingerprint density at radius 3 is 2.81 bits per heavy atom. The molecule has 1 unspecified atom stereocenters. The standard InChI is InChI=1S/C29H25Cl2FN4/c1-29(2,23-10-22-24(31)15-34-27(22)11-25(23)32)36-12-16-3-4-17-13-35-28(21(17)7-16)19-8-18-9-20(30)5-6-26(18)33-14-19/h3-11,14-15,28,34-36H,12-13H2,1-2H3. The minimum atomic E-state index is -0.600. The lowest BCUT2D eigenvalue weighted by molar-refractivity contribution is 0.384. The van der Waals surface area contributed by atoms with E-state index < -0.39 is 5.54 Å². The van der Waals surface area contributed by atoms with Crippen LogP contribution in [-0.2, 0) is 18.6 Å². The van der Waals surface area contributed by atoms with Crippen molar-refractivity contribution < 1.29 is 4.39 Å². The molecular formula is C29H25Cl2FN4. The first-order valence-electron chi connectivity index (χ1n) is 11.9. The van der Waals surface area contributed by atoms with Crippen LogP contribution in [0.25, 0.3) is 21.8 Å². The molecule has 1 aliphatic rings. The number of aromatic nitrogens is 2. The van der Waals surface area contributed by atoms with Crippen molar-refractivity contribution in [1.29, 1.82) is 0 Å². The van der Waals surface area contributed by atoms with Crippen LogP contribution in [0.15, 0.2) is 67.0 Å². The lowest BCUT2D eigenvalue weighted by atomic mass is 9.91. The lowest BCUT2D eigenvalue weighted by Gasteiger charge is -2.28. The Labute approximate surface area is 218 Å². The van der Waals surface area contributed by atoms with E-state index in [2.05, 4.69) is 44.9 Å². The van der Waals surface area contributed by atoms with Gasteiger partial charge in [0.25, 0.3) is 0 Å². The van der Waals surface area contributed by atoms with Crippen LogP contribution in [0, 0.1) is 5.82 Å². The van der Waals surface area contributed by atoms with Gasteiger partial charge in [0, 0.05) is 57.9 Å². The second-order valence-electron chi connectivity index (χ2n) is 9.95. The van der Waals surface area contributed by atoms with Crippen LogP contribution in [0.2, 0.25) is 10.0 Å². The molecule has 2 aromatic heterocycles. The summed E-state index contributed by atoms with van der Waals surface area (Å²) in [5.74, 6) is -0.263. The molecular weight excluding hydrogens is 494 g/mol. The van der Waals surface area contributed by atoms with E-state index in [1.165, 1.54) is 17.2 Å². The normalized spacial score (nSPS) is 15.6. The number of hydrogen-bond acceptors (Lipinski definition) is 3. The fourth-order valence-corrected chi connectivity index (χ4v) is 5.48. The number of fused-ring (bicyclic) bond motifs is 3. The SMILES string of the molecule is CC(C)(NCc1ccc2c(c1)C(c1cnc3ccc(Cl)cc3c1)NC2)c1cc2c(Cl)c[nH]c2cc1F. The highest BCUT2D eigenvalue weighted by Crippen LogP contribution is 2.34. The van der Waals surface area contributed by atoms with E-state index in [-0.39, 0.29) is 11.9 Å². The predicted octanol–water partition coefficient (Wildman–Crippen LogP) is 7.38. The first kappa shape index (κ1) is 23.4. The van der Waals surface area contributed by atoms with Gasteiger partial charge in [-0.15, -0.1) is 0 Å². The van der Waals surface area contributed by atoms with Gasteiger partial charge in [0.1, 0.15) is 5.82 Å². The molecule has 3 heterocycles. The fourth-order valence-electron chi connectivity index (χ4n) is 5.09. The molecule has 3 aromatic carbocycles. The van der Waals surface area contributed by atoms with E-state index in [0.29, 0.717) is 27.7 Å². The van der Waals surface area contributed by atoms with Crippen LogP contribution in [0.3, 0.4) is 0 Å². The van der Waals surface area contributed by atoms with Crippen molar-refractivity contribution in [1.82, 2.24) is 20.6 Å². The minimum Gasteiger partial charge on any atom is -0.360 e. The predicted molar refractivity (Wildman–Crippen MR) is 145 cm³/mol. The van der Waals surface area contributed by atoms with E-state index in [1.807, 2.05) is 44.3 Å². The van der Waals surface area contributed by atoms with Crippen molar-refractivity contribution in [2.75, 3.05) is 0 Å². The Hall–Kier alpha value is -2.96. The number of H-pyrrole nitrogens is 1. The monoisotopic (exact) mass is 518 g/mol. The molecule has 1 atom stereocenters. The van der Waals surface area contributed by atoms with Gasteiger partial charge in [-0.2, -0.15) is 0 Å². The number of pyridine rings is 1. The zero-order chi connectivity index (χ0) is 25.0. The molecule has 36 heavy (non-hydrogen) atoms. The van der Waals surface area contributed by atoms with Crippen LogP contribution in [0.1, 0.15) is 47.7 Å². The van der Waals surface area contributed by atoms with Gasteiger partial charge in [0.2, 0.25) is 0 Å². The van der Waals surface area contributed by atoms with E-state index in [0.717, 1.165) is 34.0 Å². The Bertz CT molecular complexity index is 1630. The minimum absolute atomic E-state index is 0.0550. The average Bonchev–Trinajstić information content (AvgIpc) is 3.44. The molecule has 0 aliphatic carbocycles. The van der Waals surface area contributed by atoms with E-state index in [4.69, 9.17) is 23.2 Å². The summed E-state index contributed by atoms with van der Waals surface area (Å²) in [7, 11) is 0. The second kappa shape index (κ2) is 8.86. The maximum absolute atomic E-state index is 15.0. The highest BCUT2D eigenvalue weighted by molar-refractivity contribution is 6.35. The highest BCUT2D eigenvalue weighted by Gasteiger charge is 2.27. The number of hydrogen-bond donors (Lipinski definition) is 3. The van der Waals surface area contributed by atoms with E-state index in [1.54, 1.807) is 6.20 Å². The van der Waals surface area contributed by atoms with Crippen molar-refractivity contribution in [3.63, 3.8) is 0 Å². The molecule has 0 saturated heterocycles. The van der Waals surface area contributed by atoms with Crippen molar-refractivity contribution in [2.24, 2.45) is 0 Å². The lowest BCUT2D eigenvalue weighted by Crippen LogP contribution is -2.36. The summed E-state index contributed by atoms with van der Waals surface area (Å²) >= 11 is 12.5. The molecule has 7 heteroatoms. The summed E-state index contributed by atoms with van der Waals surface area (Å²) in [6.07, 6.45) is 3.62. The number of rotatable bonds is 5. The number of nitrogens with zero attached hydrogens (tertiary/aromatic N) is 1. The maximum atomic E-state index is 15.0. The summed E-state index contributed by atoms with van der Waals surface area (Å²) in [6.45, 7) is 5.37. The summed E-state index contributed by atoms with van der Waals surface area (Å²) in [6, 6.07) is 17.8. The van der Waals surface area contributed by atoms with Crippen LogP contribution in [0.5, 0.6) is 0 Å². The third kappa shape index (κ3) is 4.16. The smallest absolute Gasteiger partial charge is 0.130 e. The van der Waals surface area contributed by atoms with E-state index in [9.17, 15) is 4.39 Å². The summed E-state index contributed by atoms with van der Waals surface area (Å²) < 4.78 is 15.0. The maximum Gasteiger partial charge on any atom is 0.130 e. The van der Waals surface area contributed by atoms with Gasteiger partial charge in [0.15, 0.2) is 0 Å². The quantitative estimate of drug-likeness (QED) is 0.227. The zero-order valence-corrected chi connectivity index (χ0v) is 21.4. The average molecular weight is 519 g/mol. The van der Waals surface area contributed by atoms with Crippen LogP contribution < -0.4 is 10.6 Å². The first-order chi connectivity index (χ1) is 17.3. The van der Waals surface area contributed by atoms with Crippen molar-refractivity contribution in [3.8, 4) is 0 Å². The molecule has 0 radical (unpaired) electrons. The first-order valence-corrected chi connectivity index (χ1v) is 12.7. The van der Waals surface area contributed by atoms with Crippen LogP contribution >= 0.6 is 23.2 Å². The molecule has 0 saturated carbocycles. The van der Waals surface area contributed by atoms with E-state index >= 15 is 0 Å². The van der Waals surface area contributed by atoms with Crippen LogP contribution in [-0.4, -0.2) is 9.97 Å². The Kier molecular flexibility index (Phi) is 5.77. The zero-order valence-electron chi connectivity index (χ0n) is 19.9. The molecule has 0 spiro atoms. The topological polar surface area (TPSA) is 52.7 Å². The number of nitrogens with one attached hydrogen (secondary N) is 3. The van der Waals surface area contributed by atoms with Crippen molar-refractivity contribution in [2.45, 2.75) is 38.5 Å². The van der Waals surface area contributed by atoms with Gasteiger partial charge in [0.05, 0.1) is 16.6 Å². The molecule has 0 amide bonds. The highest BCUT2D eigenvalue weighted by atomic mass is 35.5. The number of halogens is 3. The van der Waals surface area contributed by atoms with Crippen molar-refractivity contribution in [3.05, 3.63) is 111 Å². The molecule has 5 aromatic rings. The molecule has 0 fully saturated rings. The third-order valence-corrected chi connectivity index (χ3v) is 7.69. The third-order valence-electron chi connectivity index (χ3n) is 7.14. The van der Waals surface area contributed by atoms with Gasteiger partial charge in [-0.05, 0) is 72.5 Å². The Morgan fingerprint density at radius 1 is 1.08 bits per heavy atom. The van der Waals surface area contributed by atoms with Gasteiger partial charge in [-0.3, -0.25) is 4.98 Å². The Morgan fingerprint density at radius 2 is 1.94 bits per heavy atom. The number of aromatic amines is 1. The fraction of sp³-hybridized carbons (Fsp3) is 0.207. The number of benzene rings is 3.